The molecule has 5 N–H and O–H groups in total. The molecule has 0 spiro atoms. The number of unbranched alkanes of at least 4 members (excludes halogenated alkanes) is 40. The maximum atomic E-state index is 12.6. The van der Waals surface area contributed by atoms with E-state index in [0.717, 1.165) is 44.9 Å². The second kappa shape index (κ2) is 55.5. The maximum Gasteiger partial charge on any atom is 0.249 e. The molecule has 1 amide bonds. The van der Waals surface area contributed by atoms with Crippen LogP contribution in [0.2, 0.25) is 0 Å². The molecule has 0 saturated carbocycles. The van der Waals surface area contributed by atoms with Gasteiger partial charge in [-0.3, -0.25) is 4.79 Å². The van der Waals surface area contributed by atoms with Crippen LogP contribution < -0.4 is 5.32 Å². The van der Waals surface area contributed by atoms with Crippen molar-refractivity contribution in [1.82, 2.24) is 5.32 Å². The minimum atomic E-state index is -1.28. The first-order valence-electron chi connectivity index (χ1n) is 29.9. The fraction of sp³-hybridized carbons (Fsp3) is 0.885. The van der Waals surface area contributed by atoms with E-state index in [2.05, 4.69) is 55.6 Å². The topological polar surface area (TPSA) is 110 Å². The van der Waals surface area contributed by atoms with Crippen LogP contribution in [0.1, 0.15) is 316 Å². The summed E-state index contributed by atoms with van der Waals surface area (Å²) in [6, 6.07) is -1.00. The Hall–Kier alpha value is -1.47. The van der Waals surface area contributed by atoms with Gasteiger partial charge in [0.25, 0.3) is 0 Å². The molecule has 396 valence electrons. The van der Waals surface area contributed by atoms with Crippen molar-refractivity contribution in [3.8, 4) is 0 Å². The van der Waals surface area contributed by atoms with Crippen molar-refractivity contribution in [1.29, 1.82) is 0 Å². The number of amides is 1. The number of carbonyl (C=O) groups excluding carboxylic acids is 1. The van der Waals surface area contributed by atoms with Gasteiger partial charge >= 0.3 is 0 Å². The van der Waals surface area contributed by atoms with Crippen molar-refractivity contribution in [3.63, 3.8) is 0 Å². The molecule has 0 aliphatic heterocycles. The van der Waals surface area contributed by atoms with Crippen LogP contribution in [0.3, 0.4) is 0 Å². The molecule has 0 rings (SSSR count). The summed E-state index contributed by atoms with van der Waals surface area (Å²) in [4.78, 5) is 12.6. The third-order valence-corrected chi connectivity index (χ3v) is 14.1. The molecule has 0 aliphatic carbocycles. The molecule has 4 atom stereocenters. The van der Waals surface area contributed by atoms with E-state index < -0.39 is 36.9 Å². The van der Waals surface area contributed by atoms with Crippen LogP contribution in [-0.2, 0) is 4.79 Å². The molecule has 0 fully saturated rings. The van der Waals surface area contributed by atoms with Crippen molar-refractivity contribution in [2.45, 2.75) is 340 Å². The van der Waals surface area contributed by atoms with E-state index in [9.17, 15) is 25.2 Å². The smallest absolute Gasteiger partial charge is 0.249 e. The van der Waals surface area contributed by atoms with Crippen LogP contribution in [-0.4, -0.2) is 57.3 Å². The largest absolute Gasteiger partial charge is 0.394 e. The molecule has 0 heterocycles. The number of rotatable bonds is 55. The summed E-state index contributed by atoms with van der Waals surface area (Å²) in [6.07, 6.45) is 69.4. The Labute approximate surface area is 417 Å². The summed E-state index contributed by atoms with van der Waals surface area (Å²) < 4.78 is 0. The second-order valence-electron chi connectivity index (χ2n) is 20.7. The molecule has 0 bridgehead atoms. The first kappa shape index (κ1) is 65.5. The van der Waals surface area contributed by atoms with Crippen LogP contribution in [0.15, 0.2) is 36.5 Å². The summed E-state index contributed by atoms with van der Waals surface area (Å²) in [7, 11) is 0. The van der Waals surface area contributed by atoms with Gasteiger partial charge in [-0.2, -0.15) is 0 Å². The van der Waals surface area contributed by atoms with Crippen LogP contribution in [0.4, 0.5) is 0 Å². The molecule has 6 heteroatoms. The van der Waals surface area contributed by atoms with Crippen LogP contribution in [0, 0.1) is 0 Å². The first-order chi connectivity index (χ1) is 33.0. The lowest BCUT2D eigenvalue weighted by atomic mass is 10.00. The summed E-state index contributed by atoms with van der Waals surface area (Å²) >= 11 is 0. The number of allylic oxidation sites excluding steroid dienone is 6. The summed E-state index contributed by atoms with van der Waals surface area (Å²) in [5.41, 5.74) is 0. The Kier molecular flexibility index (Phi) is 54.2. The highest BCUT2D eigenvalue weighted by atomic mass is 16.3. The normalized spacial score (nSPS) is 13.9. The van der Waals surface area contributed by atoms with Crippen molar-refractivity contribution >= 4 is 5.91 Å². The number of hydrogen-bond donors (Lipinski definition) is 5. The fourth-order valence-corrected chi connectivity index (χ4v) is 9.38. The van der Waals surface area contributed by atoms with Gasteiger partial charge in [0.2, 0.25) is 5.91 Å². The lowest BCUT2D eigenvalue weighted by molar-refractivity contribution is -0.132. The monoisotopic (exact) mass is 944 g/mol. The Balaban J connectivity index is 3.65. The molecular weight excluding hydrogens is 827 g/mol. The third kappa shape index (κ3) is 49.3. The Morgan fingerprint density at radius 2 is 0.657 bits per heavy atom. The van der Waals surface area contributed by atoms with Gasteiger partial charge < -0.3 is 25.7 Å². The second-order valence-corrected chi connectivity index (χ2v) is 20.7. The molecule has 6 nitrogen and oxygen atoms in total. The number of carbonyl (C=O) groups is 1. The molecule has 0 radical (unpaired) electrons. The van der Waals surface area contributed by atoms with Gasteiger partial charge in [-0.1, -0.05) is 281 Å². The number of hydrogen-bond acceptors (Lipinski definition) is 5. The average Bonchev–Trinajstić information content (AvgIpc) is 3.33. The van der Waals surface area contributed by atoms with E-state index in [-0.39, 0.29) is 0 Å². The van der Waals surface area contributed by atoms with Crippen molar-refractivity contribution in [2.24, 2.45) is 0 Å². The Morgan fingerprint density at radius 1 is 0.373 bits per heavy atom. The van der Waals surface area contributed by atoms with Gasteiger partial charge in [-0.25, -0.2) is 0 Å². The zero-order chi connectivity index (χ0) is 48.8. The molecule has 0 aromatic rings. The van der Waals surface area contributed by atoms with E-state index in [1.165, 1.54) is 244 Å². The highest BCUT2D eigenvalue weighted by Crippen LogP contribution is 2.18. The lowest BCUT2D eigenvalue weighted by Crippen LogP contribution is -2.53. The molecule has 0 saturated heterocycles. The number of aliphatic hydroxyl groups excluding tert-OH is 4. The van der Waals surface area contributed by atoms with E-state index in [4.69, 9.17) is 0 Å². The van der Waals surface area contributed by atoms with E-state index in [1.807, 2.05) is 0 Å². The molecule has 4 unspecified atom stereocenters. The quantitative estimate of drug-likeness (QED) is 0.0308. The standard InChI is InChI=1S/C61H117NO5/c1-3-5-7-9-11-13-15-17-19-21-23-25-27-29-31-33-35-37-39-41-43-45-47-49-51-53-55-59(65)61(67)62-57(56-63)60(66)58(64)54-52-50-48-46-44-42-40-38-36-34-32-30-28-26-24-22-20-18-16-14-12-10-8-6-4-2/h23,25,29,31,46,48,57-60,63-66H,3-22,24,26-28,30,32-45,47,49-56H2,1-2H3,(H,62,67)/b25-23-,31-29-,48-46+. The number of nitrogens with one attached hydrogen (secondary N) is 1. The van der Waals surface area contributed by atoms with E-state index >= 15 is 0 Å². The molecule has 67 heavy (non-hydrogen) atoms. The van der Waals surface area contributed by atoms with Gasteiger partial charge in [0.05, 0.1) is 18.8 Å². The highest BCUT2D eigenvalue weighted by Gasteiger charge is 2.28. The van der Waals surface area contributed by atoms with Gasteiger partial charge in [-0.15, -0.1) is 0 Å². The fourth-order valence-electron chi connectivity index (χ4n) is 9.38. The first-order valence-corrected chi connectivity index (χ1v) is 29.9. The van der Waals surface area contributed by atoms with E-state index in [1.54, 1.807) is 0 Å². The van der Waals surface area contributed by atoms with Gasteiger partial charge in [0, 0.05) is 0 Å². The van der Waals surface area contributed by atoms with Gasteiger partial charge in [0.15, 0.2) is 0 Å². The zero-order valence-electron chi connectivity index (χ0n) is 44.9. The van der Waals surface area contributed by atoms with Gasteiger partial charge in [-0.05, 0) is 70.6 Å². The SMILES string of the molecule is CCCCCCCCCCC/C=C\C/C=C\CCCCCCCCCCCCC(O)C(=O)NC(CO)C(O)C(O)CCC/C=C/CCCCCCCCCCCCCCCCCCCCCC. The predicted molar refractivity (Wildman–Crippen MR) is 293 cm³/mol. The van der Waals surface area contributed by atoms with Crippen molar-refractivity contribution < 1.29 is 25.2 Å². The summed E-state index contributed by atoms with van der Waals surface area (Å²) in [5, 5.41) is 44.0. The van der Waals surface area contributed by atoms with Crippen LogP contribution in [0.25, 0.3) is 0 Å². The minimum absolute atomic E-state index is 0.360. The Morgan fingerprint density at radius 3 is 0.985 bits per heavy atom. The molecule has 0 aromatic carbocycles. The van der Waals surface area contributed by atoms with Crippen molar-refractivity contribution in [2.75, 3.05) is 6.61 Å². The third-order valence-electron chi connectivity index (χ3n) is 14.1. The molecule has 0 aliphatic rings. The van der Waals surface area contributed by atoms with E-state index in [0.29, 0.717) is 12.8 Å². The zero-order valence-corrected chi connectivity index (χ0v) is 44.9. The summed E-state index contributed by atoms with van der Waals surface area (Å²) in [5.74, 6) is -0.592. The van der Waals surface area contributed by atoms with Crippen molar-refractivity contribution in [3.05, 3.63) is 36.5 Å². The Bertz CT molecular complexity index is 1060. The van der Waals surface area contributed by atoms with Gasteiger partial charge in [0.1, 0.15) is 12.2 Å². The minimum Gasteiger partial charge on any atom is -0.394 e. The number of aliphatic hydroxyl groups is 4. The van der Waals surface area contributed by atoms with Crippen LogP contribution >= 0.6 is 0 Å². The maximum absolute atomic E-state index is 12.6. The van der Waals surface area contributed by atoms with Crippen LogP contribution in [0.5, 0.6) is 0 Å². The predicted octanol–water partition coefficient (Wildman–Crippen LogP) is 17.6. The average molecular weight is 945 g/mol. The summed E-state index contributed by atoms with van der Waals surface area (Å²) in [6.45, 7) is 4.08. The molecule has 0 aromatic heterocycles. The highest BCUT2D eigenvalue weighted by molar-refractivity contribution is 5.80. The molecular formula is C61H117NO5. The lowest BCUT2D eigenvalue weighted by Gasteiger charge is -2.27.